The van der Waals surface area contributed by atoms with E-state index >= 15 is 0 Å². The fraction of sp³-hybridized carbons (Fsp3) is 0.400. The molecule has 2 atom stereocenters. The van der Waals surface area contributed by atoms with Crippen molar-refractivity contribution in [3.05, 3.63) is 74.2 Å². The first kappa shape index (κ1) is 18.5. The Morgan fingerprint density at radius 3 is 3.00 bits per heavy atom. The topological polar surface area (TPSA) is 95.1 Å². The Hall–Kier alpha value is -2.55. The van der Waals surface area contributed by atoms with Crippen LogP contribution in [0.1, 0.15) is 46.8 Å². The van der Waals surface area contributed by atoms with E-state index in [0.717, 1.165) is 29.7 Å². The second-order valence-corrected chi connectivity index (χ2v) is 7.83. The largest absolute Gasteiger partial charge is 0.373 e. The van der Waals surface area contributed by atoms with Crippen molar-refractivity contribution >= 4 is 11.6 Å². The highest BCUT2D eigenvalue weighted by Crippen LogP contribution is 2.37. The Balaban J connectivity index is 1.29. The minimum absolute atomic E-state index is 0.0160. The van der Waals surface area contributed by atoms with Crippen molar-refractivity contribution in [2.45, 2.75) is 38.0 Å². The number of halogens is 1. The standard InChI is InChI=1S/C20H20ClN5O3/c21-15-3-1-12(2-4-15)17-7-13(11-28-17)19-24-18(29-25-19)10-26-20(27)16-5-6-22-8-14(16)9-23-26/h1-4,9,13,17,22H,5-8,10-11H2/t13-,17+/m0/s1. The van der Waals surface area contributed by atoms with Gasteiger partial charge in [0.05, 0.1) is 18.9 Å². The molecular weight excluding hydrogens is 394 g/mol. The van der Waals surface area contributed by atoms with E-state index in [9.17, 15) is 4.79 Å². The van der Waals surface area contributed by atoms with E-state index in [0.29, 0.717) is 36.3 Å². The van der Waals surface area contributed by atoms with E-state index in [1.165, 1.54) is 4.68 Å². The van der Waals surface area contributed by atoms with Gasteiger partial charge in [-0.3, -0.25) is 4.79 Å². The van der Waals surface area contributed by atoms with Crippen LogP contribution in [0.3, 0.4) is 0 Å². The lowest BCUT2D eigenvalue weighted by Crippen LogP contribution is -2.34. The molecule has 5 rings (SSSR count). The van der Waals surface area contributed by atoms with Crippen LogP contribution in [0.15, 0.2) is 39.8 Å². The van der Waals surface area contributed by atoms with Gasteiger partial charge in [0.15, 0.2) is 5.82 Å². The van der Waals surface area contributed by atoms with Crippen LogP contribution in [0.2, 0.25) is 5.02 Å². The molecule has 9 heteroatoms. The number of nitrogens with zero attached hydrogens (tertiary/aromatic N) is 4. The van der Waals surface area contributed by atoms with E-state index in [1.54, 1.807) is 6.20 Å². The van der Waals surface area contributed by atoms with Crippen molar-refractivity contribution in [3.63, 3.8) is 0 Å². The van der Waals surface area contributed by atoms with E-state index in [1.807, 2.05) is 24.3 Å². The van der Waals surface area contributed by atoms with Gasteiger partial charge in [-0.15, -0.1) is 0 Å². The molecule has 0 unspecified atom stereocenters. The average Bonchev–Trinajstić information content (AvgIpc) is 3.41. The Bertz CT molecular complexity index is 1080. The molecule has 3 aromatic rings. The van der Waals surface area contributed by atoms with Crippen LogP contribution < -0.4 is 10.9 Å². The van der Waals surface area contributed by atoms with Gasteiger partial charge in [0.1, 0.15) is 6.54 Å². The van der Waals surface area contributed by atoms with Crippen LogP contribution in [0.5, 0.6) is 0 Å². The van der Waals surface area contributed by atoms with Crippen molar-refractivity contribution < 1.29 is 9.26 Å². The summed E-state index contributed by atoms with van der Waals surface area (Å²) in [7, 11) is 0. The molecule has 1 N–H and O–H groups in total. The van der Waals surface area contributed by atoms with Crippen molar-refractivity contribution in [3.8, 4) is 0 Å². The molecule has 2 aromatic heterocycles. The minimum atomic E-state index is -0.0873. The van der Waals surface area contributed by atoms with E-state index in [-0.39, 0.29) is 24.1 Å². The lowest BCUT2D eigenvalue weighted by molar-refractivity contribution is 0.110. The van der Waals surface area contributed by atoms with Crippen LogP contribution in [0, 0.1) is 0 Å². The lowest BCUT2D eigenvalue weighted by atomic mass is 10.0. The van der Waals surface area contributed by atoms with Gasteiger partial charge in [0.25, 0.3) is 5.56 Å². The highest BCUT2D eigenvalue weighted by Gasteiger charge is 2.31. The molecule has 2 aliphatic heterocycles. The molecular formula is C20H20ClN5O3. The van der Waals surface area contributed by atoms with E-state index < -0.39 is 0 Å². The molecule has 2 aliphatic rings. The Kier molecular flexibility index (Phi) is 4.91. The number of hydrogen-bond acceptors (Lipinski definition) is 7. The molecule has 1 fully saturated rings. The molecule has 1 aromatic carbocycles. The smallest absolute Gasteiger partial charge is 0.270 e. The average molecular weight is 414 g/mol. The zero-order chi connectivity index (χ0) is 19.8. The van der Waals surface area contributed by atoms with E-state index in [4.69, 9.17) is 20.9 Å². The van der Waals surface area contributed by atoms with Crippen molar-refractivity contribution in [2.24, 2.45) is 0 Å². The van der Waals surface area contributed by atoms with Gasteiger partial charge in [-0.05, 0) is 42.6 Å². The predicted molar refractivity (Wildman–Crippen MR) is 105 cm³/mol. The first-order chi connectivity index (χ1) is 14.2. The predicted octanol–water partition coefficient (Wildman–Crippen LogP) is 2.22. The summed E-state index contributed by atoms with van der Waals surface area (Å²) in [5.74, 6) is 1.03. The third-order valence-electron chi connectivity index (χ3n) is 5.47. The summed E-state index contributed by atoms with van der Waals surface area (Å²) in [4.78, 5) is 17.2. The number of fused-ring (bicyclic) bond motifs is 1. The summed E-state index contributed by atoms with van der Waals surface area (Å²) < 4.78 is 12.7. The van der Waals surface area contributed by atoms with Gasteiger partial charge < -0.3 is 14.6 Å². The first-order valence-electron chi connectivity index (χ1n) is 9.65. The third kappa shape index (κ3) is 3.71. The highest BCUT2D eigenvalue weighted by atomic mass is 35.5. The number of rotatable bonds is 4. The summed E-state index contributed by atoms with van der Waals surface area (Å²) in [5, 5.41) is 12.3. The summed E-state index contributed by atoms with van der Waals surface area (Å²) >= 11 is 5.96. The normalized spacial score (nSPS) is 21.3. The second kappa shape index (κ2) is 7.70. The summed E-state index contributed by atoms with van der Waals surface area (Å²) in [6, 6.07) is 7.67. The van der Waals surface area contributed by atoms with E-state index in [2.05, 4.69) is 20.6 Å². The number of aromatic nitrogens is 4. The summed E-state index contributed by atoms with van der Waals surface area (Å²) in [5.41, 5.74) is 2.77. The zero-order valence-corrected chi connectivity index (χ0v) is 16.4. The number of benzene rings is 1. The van der Waals surface area contributed by atoms with Crippen LogP contribution in [-0.2, 0) is 24.2 Å². The second-order valence-electron chi connectivity index (χ2n) is 7.39. The lowest BCUT2D eigenvalue weighted by Gasteiger charge is -2.16. The van der Waals surface area contributed by atoms with Gasteiger partial charge in [0.2, 0.25) is 5.89 Å². The van der Waals surface area contributed by atoms with Crippen LogP contribution in [-0.4, -0.2) is 33.1 Å². The number of hydrogen-bond donors (Lipinski definition) is 1. The molecule has 29 heavy (non-hydrogen) atoms. The van der Waals surface area contributed by atoms with Gasteiger partial charge >= 0.3 is 0 Å². The molecule has 0 radical (unpaired) electrons. The third-order valence-corrected chi connectivity index (χ3v) is 5.73. The maximum Gasteiger partial charge on any atom is 0.270 e. The van der Waals surface area contributed by atoms with Gasteiger partial charge in [-0.25, -0.2) is 4.68 Å². The van der Waals surface area contributed by atoms with Gasteiger partial charge in [-0.2, -0.15) is 10.1 Å². The molecule has 0 aliphatic carbocycles. The van der Waals surface area contributed by atoms with Crippen molar-refractivity contribution in [1.29, 1.82) is 0 Å². The Morgan fingerprint density at radius 1 is 1.28 bits per heavy atom. The van der Waals surface area contributed by atoms with Crippen molar-refractivity contribution in [1.82, 2.24) is 25.2 Å². The number of ether oxygens (including phenoxy) is 1. The monoisotopic (exact) mass is 413 g/mol. The van der Waals surface area contributed by atoms with Crippen LogP contribution >= 0.6 is 11.6 Å². The maximum atomic E-state index is 12.7. The minimum Gasteiger partial charge on any atom is -0.373 e. The molecule has 4 heterocycles. The highest BCUT2D eigenvalue weighted by molar-refractivity contribution is 6.30. The SMILES string of the molecule is O=c1c2c(cnn1Cc1nc([C@@H]3CO[C@@H](c4ccc(Cl)cc4)C3)no1)CNCC2. The Labute approximate surface area is 171 Å². The van der Waals surface area contributed by atoms with Crippen molar-refractivity contribution in [2.75, 3.05) is 13.2 Å². The Morgan fingerprint density at radius 2 is 2.14 bits per heavy atom. The fourth-order valence-corrected chi connectivity index (χ4v) is 4.00. The molecule has 0 bridgehead atoms. The quantitative estimate of drug-likeness (QED) is 0.700. The molecule has 0 spiro atoms. The summed E-state index contributed by atoms with van der Waals surface area (Å²) in [6.07, 6.45) is 3.20. The fourth-order valence-electron chi connectivity index (χ4n) is 3.87. The van der Waals surface area contributed by atoms with Crippen LogP contribution in [0.4, 0.5) is 0 Å². The molecule has 1 saturated heterocycles. The maximum absolute atomic E-state index is 12.7. The van der Waals surface area contributed by atoms with Gasteiger partial charge in [-0.1, -0.05) is 28.9 Å². The molecule has 8 nitrogen and oxygen atoms in total. The molecule has 0 amide bonds. The zero-order valence-electron chi connectivity index (χ0n) is 15.7. The van der Waals surface area contributed by atoms with Crippen LogP contribution in [0.25, 0.3) is 0 Å². The molecule has 0 saturated carbocycles. The molecule has 150 valence electrons. The summed E-state index contributed by atoms with van der Waals surface area (Å²) in [6.45, 7) is 2.17. The first-order valence-corrected chi connectivity index (χ1v) is 10.0. The van der Waals surface area contributed by atoms with Gasteiger partial charge in [0, 0.05) is 23.0 Å². The number of nitrogens with one attached hydrogen (secondary N) is 1.